The summed E-state index contributed by atoms with van der Waals surface area (Å²) in [5.41, 5.74) is 2.17. The second-order valence-electron chi connectivity index (χ2n) is 5.51. The molecule has 5 nitrogen and oxygen atoms in total. The van der Waals surface area contributed by atoms with E-state index in [-0.39, 0.29) is 19.1 Å². The van der Waals surface area contributed by atoms with Crippen LogP contribution < -0.4 is 0 Å². The minimum Gasteiger partial charge on any atom is -0.488 e. The number of aliphatic imine (C=N–C) groups is 1. The average molecular weight is 325 g/mol. The van der Waals surface area contributed by atoms with Crippen molar-refractivity contribution in [3.8, 4) is 0 Å². The first-order valence-corrected chi connectivity index (χ1v) is 7.91. The van der Waals surface area contributed by atoms with Gasteiger partial charge in [0.25, 0.3) is 0 Å². The molecule has 1 aromatic carbocycles. The molecule has 0 saturated heterocycles. The van der Waals surface area contributed by atoms with Crippen LogP contribution >= 0.6 is 0 Å². The molecule has 0 aromatic heterocycles. The largest absolute Gasteiger partial charge is 0.488 e. The number of rotatable bonds is 4. The number of hydrogen-bond donors (Lipinski definition) is 0. The molecular formula is C19H19NO4. The number of nitrogens with zero attached hydrogens (tertiary/aromatic N) is 1. The van der Waals surface area contributed by atoms with Crippen LogP contribution in [0.3, 0.4) is 0 Å². The van der Waals surface area contributed by atoms with Gasteiger partial charge in [-0.15, -0.1) is 4.99 Å². The smallest absolute Gasteiger partial charge is 0.437 e. The maximum Gasteiger partial charge on any atom is 0.437 e. The van der Waals surface area contributed by atoms with Crippen molar-refractivity contribution >= 4 is 12.0 Å². The van der Waals surface area contributed by atoms with Gasteiger partial charge in [-0.1, -0.05) is 54.1 Å². The van der Waals surface area contributed by atoms with E-state index in [1.807, 2.05) is 36.4 Å². The number of carbonyl (C=O) groups is 1. The Morgan fingerprint density at radius 2 is 2.12 bits per heavy atom. The Balaban J connectivity index is 1.52. The van der Waals surface area contributed by atoms with E-state index in [0.717, 1.165) is 18.4 Å². The summed E-state index contributed by atoms with van der Waals surface area (Å²) in [4.78, 5) is 15.6. The second-order valence-corrected chi connectivity index (χ2v) is 5.51. The van der Waals surface area contributed by atoms with Crippen molar-refractivity contribution in [2.24, 2.45) is 4.99 Å². The van der Waals surface area contributed by atoms with Crippen molar-refractivity contribution in [3.63, 3.8) is 0 Å². The maximum atomic E-state index is 11.8. The Kier molecular flexibility index (Phi) is 5.45. The third kappa shape index (κ3) is 4.84. The molecule has 0 saturated carbocycles. The molecule has 1 aliphatic carbocycles. The molecule has 3 rings (SSSR count). The van der Waals surface area contributed by atoms with E-state index in [1.54, 1.807) is 6.26 Å². The number of hydrogen-bond acceptors (Lipinski definition) is 4. The van der Waals surface area contributed by atoms with E-state index in [4.69, 9.17) is 14.2 Å². The van der Waals surface area contributed by atoms with Crippen LogP contribution in [0.4, 0.5) is 4.79 Å². The summed E-state index contributed by atoms with van der Waals surface area (Å²) in [5, 5.41) is 0. The van der Waals surface area contributed by atoms with Gasteiger partial charge in [0.1, 0.15) is 18.6 Å². The summed E-state index contributed by atoms with van der Waals surface area (Å²) in [6.07, 6.45) is 9.84. The summed E-state index contributed by atoms with van der Waals surface area (Å²) in [5.74, 6) is 0.870. The summed E-state index contributed by atoms with van der Waals surface area (Å²) >= 11 is 0. The normalized spacial score (nSPS) is 18.2. The molecule has 1 heterocycles. The zero-order valence-corrected chi connectivity index (χ0v) is 13.3. The number of amides is 1. The Hall–Kier alpha value is -2.82. The van der Waals surface area contributed by atoms with Gasteiger partial charge in [-0.3, -0.25) is 0 Å². The molecule has 0 spiro atoms. The summed E-state index contributed by atoms with van der Waals surface area (Å²) in [6, 6.07) is 9.45. The fourth-order valence-corrected chi connectivity index (χ4v) is 2.42. The monoisotopic (exact) mass is 325 g/mol. The van der Waals surface area contributed by atoms with E-state index in [0.29, 0.717) is 12.2 Å². The zero-order chi connectivity index (χ0) is 16.6. The van der Waals surface area contributed by atoms with Crippen molar-refractivity contribution < 1.29 is 19.0 Å². The number of carbonyl (C=O) groups excluding carboxylic acids is 1. The first-order valence-electron chi connectivity index (χ1n) is 7.91. The molecular weight excluding hydrogens is 306 g/mol. The first-order chi connectivity index (χ1) is 11.8. The van der Waals surface area contributed by atoms with Crippen LogP contribution in [0.2, 0.25) is 0 Å². The van der Waals surface area contributed by atoms with Crippen molar-refractivity contribution in [2.45, 2.75) is 25.9 Å². The topological polar surface area (TPSA) is 57.1 Å². The third-order valence-electron chi connectivity index (χ3n) is 3.59. The Labute approximate surface area is 140 Å². The second kappa shape index (κ2) is 8.15. The quantitative estimate of drug-likeness (QED) is 0.829. The van der Waals surface area contributed by atoms with Gasteiger partial charge in [0.2, 0.25) is 5.90 Å². The highest BCUT2D eigenvalue weighted by atomic mass is 16.6. The molecule has 0 unspecified atom stereocenters. The van der Waals surface area contributed by atoms with Crippen LogP contribution in [-0.2, 0) is 20.8 Å². The molecule has 2 aliphatic rings. The number of ether oxygens (including phenoxy) is 3. The van der Waals surface area contributed by atoms with Gasteiger partial charge in [-0.25, -0.2) is 4.79 Å². The lowest BCUT2D eigenvalue weighted by Crippen LogP contribution is -2.19. The average Bonchev–Trinajstić information content (AvgIpc) is 2.62. The molecule has 24 heavy (non-hydrogen) atoms. The molecule has 1 aliphatic heterocycles. The third-order valence-corrected chi connectivity index (χ3v) is 3.59. The minimum absolute atomic E-state index is 0.128. The fraction of sp³-hybridized carbons (Fsp3) is 0.263. The lowest BCUT2D eigenvalue weighted by atomic mass is 10.0. The first kappa shape index (κ1) is 16.1. The SMILES string of the molecule is O=C(N=C1COC=C(CC2=CC=CCC2)O1)OCc1ccccc1. The zero-order valence-electron chi connectivity index (χ0n) is 13.3. The molecule has 0 bridgehead atoms. The fourth-order valence-electron chi connectivity index (χ4n) is 2.42. The van der Waals surface area contributed by atoms with Crippen LogP contribution in [0.1, 0.15) is 24.8 Å². The van der Waals surface area contributed by atoms with Gasteiger partial charge in [0, 0.05) is 6.42 Å². The van der Waals surface area contributed by atoms with Crippen molar-refractivity contribution in [1.29, 1.82) is 0 Å². The van der Waals surface area contributed by atoms with E-state index >= 15 is 0 Å². The van der Waals surface area contributed by atoms with Crippen LogP contribution in [0.5, 0.6) is 0 Å². The number of benzene rings is 1. The summed E-state index contributed by atoms with van der Waals surface area (Å²) < 4.78 is 16.1. The highest BCUT2D eigenvalue weighted by Gasteiger charge is 2.16. The standard InChI is InChI=1S/C19H19NO4/c21-19(23-12-16-9-5-2-6-10-16)20-18-14-22-13-17(24-18)11-15-7-3-1-4-8-15/h1-3,5-7,9-10,13H,4,8,11-12,14H2. The number of allylic oxidation sites excluding steroid dienone is 4. The van der Waals surface area contributed by atoms with Gasteiger partial charge >= 0.3 is 6.09 Å². The van der Waals surface area contributed by atoms with E-state index in [9.17, 15) is 4.79 Å². The van der Waals surface area contributed by atoms with E-state index in [1.165, 1.54) is 5.57 Å². The lowest BCUT2D eigenvalue weighted by molar-refractivity contribution is 0.148. The van der Waals surface area contributed by atoms with Crippen LogP contribution in [0.25, 0.3) is 0 Å². The van der Waals surface area contributed by atoms with E-state index in [2.05, 4.69) is 17.1 Å². The predicted octanol–water partition coefficient (Wildman–Crippen LogP) is 4.28. The van der Waals surface area contributed by atoms with Gasteiger partial charge < -0.3 is 14.2 Å². The minimum atomic E-state index is -0.682. The van der Waals surface area contributed by atoms with Crippen molar-refractivity contribution in [2.75, 3.05) is 6.61 Å². The van der Waals surface area contributed by atoms with Crippen LogP contribution in [-0.4, -0.2) is 18.6 Å². The molecule has 0 fully saturated rings. The summed E-state index contributed by atoms with van der Waals surface area (Å²) in [7, 11) is 0. The molecule has 124 valence electrons. The maximum absolute atomic E-state index is 11.8. The highest BCUT2D eigenvalue weighted by Crippen LogP contribution is 2.22. The van der Waals surface area contributed by atoms with Gasteiger partial charge in [0.15, 0.2) is 6.61 Å². The molecule has 5 heteroatoms. The molecule has 1 aromatic rings. The van der Waals surface area contributed by atoms with Crippen molar-refractivity contribution in [1.82, 2.24) is 0 Å². The molecule has 0 radical (unpaired) electrons. The van der Waals surface area contributed by atoms with Crippen LogP contribution in [0, 0.1) is 0 Å². The summed E-state index contributed by atoms with van der Waals surface area (Å²) in [6.45, 7) is 0.308. The predicted molar refractivity (Wildman–Crippen MR) is 90.3 cm³/mol. The Morgan fingerprint density at radius 3 is 2.92 bits per heavy atom. The van der Waals surface area contributed by atoms with Gasteiger partial charge in [-0.2, -0.15) is 0 Å². The highest BCUT2D eigenvalue weighted by molar-refractivity contribution is 5.89. The molecule has 0 N–H and O–H groups in total. The van der Waals surface area contributed by atoms with Gasteiger partial charge in [0.05, 0.1) is 0 Å². The Bertz CT molecular complexity index is 701. The lowest BCUT2D eigenvalue weighted by Gasteiger charge is -2.18. The van der Waals surface area contributed by atoms with Crippen molar-refractivity contribution in [3.05, 3.63) is 71.7 Å². The van der Waals surface area contributed by atoms with E-state index < -0.39 is 6.09 Å². The molecule has 1 amide bonds. The molecule has 0 atom stereocenters. The Morgan fingerprint density at radius 1 is 1.25 bits per heavy atom. The van der Waals surface area contributed by atoms with Gasteiger partial charge in [-0.05, 0) is 18.4 Å². The van der Waals surface area contributed by atoms with Crippen LogP contribution in [0.15, 0.2) is 71.1 Å².